The number of benzene rings is 1. The molecule has 1 aromatic heterocycles. The highest BCUT2D eigenvalue weighted by atomic mass is 16.2. The zero-order valence-corrected chi connectivity index (χ0v) is 16.0. The van der Waals surface area contributed by atoms with E-state index in [1.54, 1.807) is 0 Å². The number of amides is 1. The van der Waals surface area contributed by atoms with E-state index in [1.165, 1.54) is 0 Å². The van der Waals surface area contributed by atoms with Crippen molar-refractivity contribution in [1.29, 1.82) is 5.26 Å². The maximum Gasteiger partial charge on any atom is 0.223 e. The Morgan fingerprint density at radius 1 is 1.27 bits per heavy atom. The quantitative estimate of drug-likeness (QED) is 0.690. The molecule has 5 heteroatoms. The van der Waals surface area contributed by atoms with Crippen LogP contribution in [0.15, 0.2) is 30.3 Å². The van der Waals surface area contributed by atoms with Gasteiger partial charge in [-0.05, 0) is 37.8 Å². The van der Waals surface area contributed by atoms with Crippen molar-refractivity contribution in [2.45, 2.75) is 59.5 Å². The molecule has 0 spiro atoms. The van der Waals surface area contributed by atoms with Crippen LogP contribution in [-0.4, -0.2) is 27.1 Å². The van der Waals surface area contributed by atoms with Gasteiger partial charge < -0.3 is 4.90 Å². The summed E-state index contributed by atoms with van der Waals surface area (Å²) in [5, 5.41) is 13.3. The van der Waals surface area contributed by atoms with Crippen LogP contribution >= 0.6 is 0 Å². The van der Waals surface area contributed by atoms with Gasteiger partial charge in [-0.25, -0.2) is 0 Å². The molecular formula is C21H28N4O. The molecule has 0 atom stereocenters. The van der Waals surface area contributed by atoms with Crippen molar-refractivity contribution >= 4 is 5.91 Å². The van der Waals surface area contributed by atoms with Crippen LogP contribution in [-0.2, 0) is 24.3 Å². The number of hydrogen-bond donors (Lipinski definition) is 0. The Hall–Kier alpha value is -2.61. The summed E-state index contributed by atoms with van der Waals surface area (Å²) in [5.74, 6) is 0.180. The van der Waals surface area contributed by atoms with Gasteiger partial charge in [0.25, 0.3) is 0 Å². The standard InChI is InChI=1S/C21H28N4O/c1-4-14-24(16-19-9-6-5-7-10-19)21(26)12-11-20-17(2)23-25(18(20)3)15-8-13-22/h5-7,9-10H,4,8,11-12,14-16H2,1-3H3. The van der Waals surface area contributed by atoms with E-state index in [1.807, 2.05) is 41.6 Å². The molecule has 0 N–H and O–H groups in total. The smallest absolute Gasteiger partial charge is 0.223 e. The van der Waals surface area contributed by atoms with Crippen molar-refractivity contribution < 1.29 is 4.79 Å². The summed E-state index contributed by atoms with van der Waals surface area (Å²) >= 11 is 0. The fourth-order valence-corrected chi connectivity index (χ4v) is 3.23. The Balaban J connectivity index is 2.01. The number of carbonyl (C=O) groups excluding carboxylic acids is 1. The topological polar surface area (TPSA) is 61.9 Å². The lowest BCUT2D eigenvalue weighted by Crippen LogP contribution is -2.31. The van der Waals surface area contributed by atoms with Gasteiger partial charge in [-0.2, -0.15) is 10.4 Å². The molecule has 0 aliphatic heterocycles. The van der Waals surface area contributed by atoms with Crippen LogP contribution in [0, 0.1) is 25.2 Å². The summed E-state index contributed by atoms with van der Waals surface area (Å²) in [6, 6.07) is 12.3. The molecule has 138 valence electrons. The van der Waals surface area contributed by atoms with Gasteiger partial charge in [0.1, 0.15) is 0 Å². The van der Waals surface area contributed by atoms with Crippen LogP contribution in [0.2, 0.25) is 0 Å². The zero-order chi connectivity index (χ0) is 18.9. The van der Waals surface area contributed by atoms with Gasteiger partial charge in [0.05, 0.1) is 24.7 Å². The molecule has 0 saturated carbocycles. The number of aryl methyl sites for hydroxylation is 2. The van der Waals surface area contributed by atoms with Gasteiger partial charge >= 0.3 is 0 Å². The highest BCUT2D eigenvalue weighted by Gasteiger charge is 2.17. The summed E-state index contributed by atoms with van der Waals surface area (Å²) in [6.45, 7) is 8.13. The first kappa shape index (κ1) is 19.7. The van der Waals surface area contributed by atoms with Crippen molar-refractivity contribution in [2.24, 2.45) is 0 Å². The van der Waals surface area contributed by atoms with E-state index in [0.717, 1.165) is 35.5 Å². The van der Waals surface area contributed by atoms with Crippen LogP contribution < -0.4 is 0 Å². The Labute approximate surface area is 156 Å². The van der Waals surface area contributed by atoms with Crippen LogP contribution in [0.3, 0.4) is 0 Å². The van der Waals surface area contributed by atoms with E-state index in [0.29, 0.717) is 32.4 Å². The molecule has 1 amide bonds. The number of carbonyl (C=O) groups is 1. The minimum Gasteiger partial charge on any atom is -0.338 e. The number of hydrogen-bond acceptors (Lipinski definition) is 3. The first-order valence-corrected chi connectivity index (χ1v) is 9.28. The molecule has 0 aliphatic rings. The number of rotatable bonds is 9. The monoisotopic (exact) mass is 352 g/mol. The van der Waals surface area contributed by atoms with Gasteiger partial charge in [-0.15, -0.1) is 0 Å². The highest BCUT2D eigenvalue weighted by Crippen LogP contribution is 2.17. The molecule has 26 heavy (non-hydrogen) atoms. The predicted octanol–water partition coefficient (Wildman–Crippen LogP) is 3.79. The molecule has 0 radical (unpaired) electrons. The third kappa shape index (κ3) is 5.19. The van der Waals surface area contributed by atoms with Crippen LogP contribution in [0.5, 0.6) is 0 Å². The number of nitriles is 1. The second-order valence-corrected chi connectivity index (χ2v) is 6.58. The lowest BCUT2D eigenvalue weighted by Gasteiger charge is -2.22. The maximum absolute atomic E-state index is 12.8. The summed E-state index contributed by atoms with van der Waals surface area (Å²) in [7, 11) is 0. The third-order valence-corrected chi connectivity index (χ3v) is 4.62. The second kappa shape index (κ2) is 9.76. The van der Waals surface area contributed by atoms with Crippen molar-refractivity contribution in [3.63, 3.8) is 0 Å². The molecule has 0 fully saturated rings. The number of aromatic nitrogens is 2. The summed E-state index contributed by atoms with van der Waals surface area (Å²) in [5.41, 5.74) is 4.31. The van der Waals surface area contributed by atoms with Crippen molar-refractivity contribution in [1.82, 2.24) is 14.7 Å². The maximum atomic E-state index is 12.8. The first-order valence-electron chi connectivity index (χ1n) is 9.28. The molecule has 1 heterocycles. The van der Waals surface area contributed by atoms with Gasteiger partial charge in [0.15, 0.2) is 0 Å². The SMILES string of the molecule is CCCN(Cc1ccccc1)C(=O)CCc1c(C)nn(CCC#N)c1C. The molecule has 0 saturated heterocycles. The third-order valence-electron chi connectivity index (χ3n) is 4.62. The first-order chi connectivity index (χ1) is 12.6. The van der Waals surface area contributed by atoms with E-state index in [4.69, 9.17) is 5.26 Å². The average molecular weight is 352 g/mol. The highest BCUT2D eigenvalue weighted by molar-refractivity contribution is 5.76. The van der Waals surface area contributed by atoms with E-state index < -0.39 is 0 Å². The number of nitrogens with zero attached hydrogens (tertiary/aromatic N) is 4. The van der Waals surface area contributed by atoms with E-state index in [9.17, 15) is 4.79 Å². The van der Waals surface area contributed by atoms with E-state index >= 15 is 0 Å². The van der Waals surface area contributed by atoms with Gasteiger partial charge in [0, 0.05) is 25.2 Å². The Morgan fingerprint density at radius 3 is 2.65 bits per heavy atom. The van der Waals surface area contributed by atoms with Gasteiger partial charge in [0.2, 0.25) is 5.91 Å². The Kier molecular flexibility index (Phi) is 7.40. The fourth-order valence-electron chi connectivity index (χ4n) is 3.23. The van der Waals surface area contributed by atoms with Crippen molar-refractivity contribution in [3.8, 4) is 6.07 Å². The summed E-state index contributed by atoms with van der Waals surface area (Å²) in [6.07, 6.45) is 2.57. The minimum atomic E-state index is 0.180. The molecule has 5 nitrogen and oxygen atoms in total. The lowest BCUT2D eigenvalue weighted by molar-refractivity contribution is -0.131. The Morgan fingerprint density at radius 2 is 2.00 bits per heavy atom. The van der Waals surface area contributed by atoms with Crippen LogP contribution in [0.1, 0.15) is 48.7 Å². The summed E-state index contributed by atoms with van der Waals surface area (Å²) in [4.78, 5) is 14.7. The zero-order valence-electron chi connectivity index (χ0n) is 16.0. The van der Waals surface area contributed by atoms with Crippen molar-refractivity contribution in [2.75, 3.05) is 6.54 Å². The van der Waals surface area contributed by atoms with Crippen molar-refractivity contribution in [3.05, 3.63) is 52.8 Å². The fraction of sp³-hybridized carbons (Fsp3) is 0.476. The van der Waals surface area contributed by atoms with Gasteiger partial charge in [-0.1, -0.05) is 37.3 Å². The Bertz CT molecular complexity index is 758. The molecule has 1 aromatic carbocycles. The molecule has 2 rings (SSSR count). The lowest BCUT2D eigenvalue weighted by atomic mass is 10.1. The van der Waals surface area contributed by atoms with Crippen LogP contribution in [0.25, 0.3) is 0 Å². The molecule has 0 bridgehead atoms. The minimum absolute atomic E-state index is 0.180. The van der Waals surface area contributed by atoms with Gasteiger partial charge in [-0.3, -0.25) is 9.48 Å². The molecular weight excluding hydrogens is 324 g/mol. The molecule has 2 aromatic rings. The second-order valence-electron chi connectivity index (χ2n) is 6.58. The van der Waals surface area contributed by atoms with E-state index in [-0.39, 0.29) is 5.91 Å². The van der Waals surface area contributed by atoms with Crippen LogP contribution in [0.4, 0.5) is 0 Å². The molecule has 0 unspecified atom stereocenters. The largest absolute Gasteiger partial charge is 0.338 e. The average Bonchev–Trinajstić information content (AvgIpc) is 2.91. The normalized spacial score (nSPS) is 10.5. The predicted molar refractivity (Wildman–Crippen MR) is 102 cm³/mol. The summed E-state index contributed by atoms with van der Waals surface area (Å²) < 4.78 is 1.88. The van der Waals surface area contributed by atoms with E-state index in [2.05, 4.69) is 30.2 Å². The molecule has 0 aliphatic carbocycles.